The maximum atomic E-state index is 11.6. The molecule has 0 heterocycles. The second-order valence-electron chi connectivity index (χ2n) is 4.30. The third-order valence-electron chi connectivity index (χ3n) is 3.15. The van der Waals surface area contributed by atoms with Gasteiger partial charge in [0.25, 0.3) is 0 Å². The van der Waals surface area contributed by atoms with Gasteiger partial charge in [-0.1, -0.05) is 20.3 Å². The predicted octanol–water partition coefficient (Wildman–Crippen LogP) is 2.48. The molecule has 2 nitrogen and oxygen atoms in total. The lowest BCUT2D eigenvalue weighted by atomic mass is 9.87. The smallest absolute Gasteiger partial charge is 0.137 e. The zero-order chi connectivity index (χ0) is 10.4. The summed E-state index contributed by atoms with van der Waals surface area (Å²) in [6.07, 6.45) is 5.51. The van der Waals surface area contributed by atoms with Crippen molar-refractivity contribution in [3.8, 4) is 0 Å². The van der Waals surface area contributed by atoms with E-state index in [9.17, 15) is 4.79 Å². The van der Waals surface area contributed by atoms with Crippen LogP contribution in [0.25, 0.3) is 0 Å². The summed E-state index contributed by atoms with van der Waals surface area (Å²) in [5, 5.41) is 0. The van der Waals surface area contributed by atoms with Crippen LogP contribution in [0.5, 0.6) is 0 Å². The Morgan fingerprint density at radius 2 is 2.14 bits per heavy atom. The van der Waals surface area contributed by atoms with Gasteiger partial charge in [-0.3, -0.25) is 4.79 Å². The van der Waals surface area contributed by atoms with Gasteiger partial charge in [-0.2, -0.15) is 0 Å². The molecule has 0 aromatic rings. The van der Waals surface area contributed by atoms with E-state index < -0.39 is 0 Å². The molecular weight excluding hydrogens is 174 g/mol. The Kier molecular flexibility index (Phi) is 5.16. The highest BCUT2D eigenvalue weighted by molar-refractivity contribution is 5.81. The number of ketones is 1. The Hall–Kier alpha value is -0.370. The molecule has 1 saturated carbocycles. The Labute approximate surface area is 87.7 Å². The highest BCUT2D eigenvalue weighted by Gasteiger charge is 2.23. The standard InChI is InChI=1S/C12H23NO/c1-3-9-13(4-2)10-11-7-5-6-8-12(11)14/h11H,3-10H2,1-2H3. The van der Waals surface area contributed by atoms with Crippen molar-refractivity contribution in [2.24, 2.45) is 5.92 Å². The number of hydrogen-bond donors (Lipinski definition) is 0. The van der Waals surface area contributed by atoms with Crippen LogP contribution < -0.4 is 0 Å². The summed E-state index contributed by atoms with van der Waals surface area (Å²) in [7, 11) is 0. The van der Waals surface area contributed by atoms with Crippen LogP contribution in [0.2, 0.25) is 0 Å². The molecule has 0 saturated heterocycles. The number of hydrogen-bond acceptors (Lipinski definition) is 2. The number of nitrogens with zero attached hydrogens (tertiary/aromatic N) is 1. The number of rotatable bonds is 5. The molecule has 1 aliphatic carbocycles. The molecule has 1 unspecified atom stereocenters. The van der Waals surface area contributed by atoms with Crippen molar-refractivity contribution in [2.75, 3.05) is 19.6 Å². The first-order valence-electron chi connectivity index (χ1n) is 6.03. The van der Waals surface area contributed by atoms with Crippen LogP contribution in [0.1, 0.15) is 46.0 Å². The Morgan fingerprint density at radius 1 is 1.36 bits per heavy atom. The zero-order valence-electron chi connectivity index (χ0n) is 9.59. The topological polar surface area (TPSA) is 20.3 Å². The van der Waals surface area contributed by atoms with E-state index in [4.69, 9.17) is 0 Å². The fourth-order valence-electron chi connectivity index (χ4n) is 2.25. The highest BCUT2D eigenvalue weighted by Crippen LogP contribution is 2.21. The number of carbonyl (C=O) groups excluding carboxylic acids is 1. The molecule has 0 radical (unpaired) electrons. The van der Waals surface area contributed by atoms with Gasteiger partial charge >= 0.3 is 0 Å². The summed E-state index contributed by atoms with van der Waals surface area (Å²) < 4.78 is 0. The average molecular weight is 197 g/mol. The third-order valence-corrected chi connectivity index (χ3v) is 3.15. The van der Waals surface area contributed by atoms with Crippen molar-refractivity contribution >= 4 is 5.78 Å². The van der Waals surface area contributed by atoms with Crippen LogP contribution in [0, 0.1) is 5.92 Å². The third kappa shape index (κ3) is 3.41. The van der Waals surface area contributed by atoms with Gasteiger partial charge in [-0.15, -0.1) is 0 Å². The Balaban J connectivity index is 2.35. The molecule has 0 aliphatic heterocycles. The molecule has 0 N–H and O–H groups in total. The van der Waals surface area contributed by atoms with E-state index in [1.165, 1.54) is 12.8 Å². The molecule has 0 aromatic carbocycles. The van der Waals surface area contributed by atoms with Gasteiger partial charge in [0.15, 0.2) is 0 Å². The largest absolute Gasteiger partial charge is 0.303 e. The minimum absolute atomic E-state index is 0.343. The molecule has 1 fully saturated rings. The molecule has 1 rings (SSSR count). The van der Waals surface area contributed by atoms with E-state index in [1.54, 1.807) is 0 Å². The second kappa shape index (κ2) is 6.18. The van der Waals surface area contributed by atoms with Gasteiger partial charge in [0, 0.05) is 18.9 Å². The SMILES string of the molecule is CCCN(CC)CC1CCCCC1=O. The van der Waals surface area contributed by atoms with Crippen molar-refractivity contribution in [3.63, 3.8) is 0 Å². The van der Waals surface area contributed by atoms with Crippen LogP contribution in [0.15, 0.2) is 0 Å². The van der Waals surface area contributed by atoms with Gasteiger partial charge in [0.05, 0.1) is 0 Å². The Morgan fingerprint density at radius 3 is 2.71 bits per heavy atom. The summed E-state index contributed by atoms with van der Waals surface area (Å²) in [5.41, 5.74) is 0. The molecule has 0 bridgehead atoms. The van der Waals surface area contributed by atoms with Gasteiger partial charge in [-0.05, 0) is 32.4 Å². The molecule has 0 spiro atoms. The van der Waals surface area contributed by atoms with Crippen LogP contribution >= 0.6 is 0 Å². The maximum Gasteiger partial charge on any atom is 0.137 e. The monoisotopic (exact) mass is 197 g/mol. The van der Waals surface area contributed by atoms with Crippen LogP contribution in [-0.2, 0) is 4.79 Å². The minimum Gasteiger partial charge on any atom is -0.303 e. The number of carbonyl (C=O) groups is 1. The first-order chi connectivity index (χ1) is 6.77. The van der Waals surface area contributed by atoms with E-state index in [1.807, 2.05) is 0 Å². The van der Waals surface area contributed by atoms with Crippen molar-refractivity contribution < 1.29 is 4.79 Å². The van der Waals surface area contributed by atoms with Crippen molar-refractivity contribution in [2.45, 2.75) is 46.0 Å². The highest BCUT2D eigenvalue weighted by atomic mass is 16.1. The van der Waals surface area contributed by atoms with E-state index in [0.717, 1.165) is 38.9 Å². The van der Waals surface area contributed by atoms with Crippen LogP contribution in [-0.4, -0.2) is 30.3 Å². The molecule has 0 amide bonds. The van der Waals surface area contributed by atoms with E-state index in [-0.39, 0.29) is 0 Å². The Bertz CT molecular complexity index is 179. The summed E-state index contributed by atoms with van der Waals surface area (Å²) in [4.78, 5) is 14.0. The predicted molar refractivity (Wildman–Crippen MR) is 59.4 cm³/mol. The lowest BCUT2D eigenvalue weighted by molar-refractivity contribution is -0.125. The normalized spacial score (nSPS) is 23.1. The van der Waals surface area contributed by atoms with Crippen molar-refractivity contribution in [3.05, 3.63) is 0 Å². The quantitative estimate of drug-likeness (QED) is 0.675. The summed E-state index contributed by atoms with van der Waals surface area (Å²) >= 11 is 0. The molecule has 0 aromatic heterocycles. The van der Waals surface area contributed by atoms with E-state index in [0.29, 0.717) is 11.7 Å². The van der Waals surface area contributed by atoms with Gasteiger partial charge in [0.1, 0.15) is 5.78 Å². The first-order valence-corrected chi connectivity index (χ1v) is 6.03. The average Bonchev–Trinajstić information content (AvgIpc) is 2.20. The second-order valence-corrected chi connectivity index (χ2v) is 4.30. The van der Waals surface area contributed by atoms with Crippen molar-refractivity contribution in [1.82, 2.24) is 4.90 Å². The zero-order valence-corrected chi connectivity index (χ0v) is 9.59. The van der Waals surface area contributed by atoms with Gasteiger partial charge < -0.3 is 4.90 Å². The molecule has 14 heavy (non-hydrogen) atoms. The molecule has 82 valence electrons. The van der Waals surface area contributed by atoms with Gasteiger partial charge in [0.2, 0.25) is 0 Å². The maximum absolute atomic E-state index is 11.6. The molecule has 1 atom stereocenters. The lowest BCUT2D eigenvalue weighted by Crippen LogP contribution is -2.35. The van der Waals surface area contributed by atoms with E-state index >= 15 is 0 Å². The summed E-state index contributed by atoms with van der Waals surface area (Å²) in [6, 6.07) is 0. The lowest BCUT2D eigenvalue weighted by Gasteiger charge is -2.27. The first kappa shape index (κ1) is 11.7. The fourth-order valence-corrected chi connectivity index (χ4v) is 2.25. The van der Waals surface area contributed by atoms with Crippen LogP contribution in [0.3, 0.4) is 0 Å². The molecular formula is C12H23NO. The van der Waals surface area contributed by atoms with E-state index in [2.05, 4.69) is 18.7 Å². The minimum atomic E-state index is 0.343. The molecule has 1 aliphatic rings. The fraction of sp³-hybridized carbons (Fsp3) is 0.917. The number of Topliss-reactive ketones (excluding diaryl/α,β-unsaturated/α-hetero) is 1. The molecule has 2 heteroatoms. The summed E-state index contributed by atoms with van der Waals surface area (Å²) in [6.45, 7) is 7.61. The van der Waals surface area contributed by atoms with Gasteiger partial charge in [-0.25, -0.2) is 0 Å². The van der Waals surface area contributed by atoms with Crippen molar-refractivity contribution in [1.29, 1.82) is 0 Å². The van der Waals surface area contributed by atoms with Crippen LogP contribution in [0.4, 0.5) is 0 Å². The summed E-state index contributed by atoms with van der Waals surface area (Å²) in [5.74, 6) is 0.848.